The van der Waals surface area contributed by atoms with Crippen LogP contribution in [0, 0.1) is 0 Å². The van der Waals surface area contributed by atoms with Gasteiger partial charge < -0.3 is 10.6 Å². The summed E-state index contributed by atoms with van der Waals surface area (Å²) in [6, 6.07) is 7.33. The van der Waals surface area contributed by atoms with Crippen LogP contribution in [0.5, 0.6) is 0 Å². The highest BCUT2D eigenvalue weighted by Crippen LogP contribution is 2.25. The fourth-order valence-electron chi connectivity index (χ4n) is 2.70. The number of nitrogens with zero attached hydrogens (tertiary/aromatic N) is 1. The molecular weight excluding hydrogens is 276 g/mol. The Morgan fingerprint density at radius 2 is 2.00 bits per heavy atom. The molecule has 0 spiro atoms. The van der Waals surface area contributed by atoms with Gasteiger partial charge in [-0.2, -0.15) is 0 Å². The summed E-state index contributed by atoms with van der Waals surface area (Å²) in [6.07, 6.45) is 4.06. The van der Waals surface area contributed by atoms with Gasteiger partial charge in [-0.15, -0.1) is 11.6 Å². The van der Waals surface area contributed by atoms with Crippen LogP contribution in [0.4, 0.5) is 0 Å². The van der Waals surface area contributed by atoms with Crippen molar-refractivity contribution in [2.75, 3.05) is 6.54 Å². The number of primary amides is 1. The number of carbonyl (C=O) groups is 2. The van der Waals surface area contributed by atoms with Crippen LogP contribution in [0.2, 0.25) is 0 Å². The zero-order chi connectivity index (χ0) is 14.5. The number of amides is 2. The largest absolute Gasteiger partial charge is 0.368 e. The predicted molar refractivity (Wildman–Crippen MR) is 78.5 cm³/mol. The van der Waals surface area contributed by atoms with E-state index in [9.17, 15) is 9.59 Å². The number of hydrogen-bond donors (Lipinski definition) is 1. The molecule has 0 saturated heterocycles. The van der Waals surface area contributed by atoms with Crippen molar-refractivity contribution in [3.63, 3.8) is 0 Å². The van der Waals surface area contributed by atoms with E-state index in [1.54, 1.807) is 17.0 Å². The Kier molecular flexibility index (Phi) is 5.01. The number of carbonyl (C=O) groups excluding carboxylic acids is 2. The van der Waals surface area contributed by atoms with Crippen molar-refractivity contribution in [1.29, 1.82) is 0 Å². The molecule has 1 saturated carbocycles. The van der Waals surface area contributed by atoms with Gasteiger partial charge in [0, 0.05) is 17.5 Å². The highest BCUT2D eigenvalue weighted by Gasteiger charge is 2.28. The lowest BCUT2D eigenvalue weighted by molar-refractivity contribution is -0.119. The second kappa shape index (κ2) is 6.75. The van der Waals surface area contributed by atoms with Crippen molar-refractivity contribution in [3.05, 3.63) is 35.4 Å². The summed E-state index contributed by atoms with van der Waals surface area (Å²) in [5.74, 6) is -0.248. The molecule has 5 heteroatoms. The van der Waals surface area contributed by atoms with Gasteiger partial charge >= 0.3 is 0 Å². The highest BCUT2D eigenvalue weighted by molar-refractivity contribution is 6.17. The van der Waals surface area contributed by atoms with Crippen LogP contribution in [0.25, 0.3) is 0 Å². The minimum atomic E-state index is -0.473. The molecule has 1 aliphatic rings. The molecule has 1 aromatic rings. The van der Waals surface area contributed by atoms with Gasteiger partial charge in [0.05, 0.1) is 6.54 Å². The summed E-state index contributed by atoms with van der Waals surface area (Å²) >= 11 is 5.80. The highest BCUT2D eigenvalue weighted by atomic mass is 35.5. The van der Waals surface area contributed by atoms with E-state index in [1.807, 2.05) is 12.1 Å². The zero-order valence-corrected chi connectivity index (χ0v) is 12.1. The lowest BCUT2D eigenvalue weighted by Crippen LogP contribution is -2.44. The number of halogens is 1. The Morgan fingerprint density at radius 3 is 2.60 bits per heavy atom. The van der Waals surface area contributed by atoms with E-state index in [0.29, 0.717) is 11.4 Å². The third-order valence-corrected chi connectivity index (χ3v) is 3.99. The maximum Gasteiger partial charge on any atom is 0.254 e. The lowest BCUT2D eigenvalue weighted by atomic mass is 10.1. The van der Waals surface area contributed by atoms with E-state index in [0.717, 1.165) is 31.2 Å². The molecule has 0 aliphatic heterocycles. The molecule has 0 unspecified atom stereocenters. The average Bonchev–Trinajstić information content (AvgIpc) is 2.98. The van der Waals surface area contributed by atoms with Crippen LogP contribution in [-0.2, 0) is 10.7 Å². The Bertz CT molecular complexity index is 498. The smallest absolute Gasteiger partial charge is 0.254 e. The molecule has 1 fully saturated rings. The van der Waals surface area contributed by atoms with Gasteiger partial charge in [0.25, 0.3) is 5.91 Å². The second-order valence-electron chi connectivity index (χ2n) is 5.17. The van der Waals surface area contributed by atoms with Crippen molar-refractivity contribution in [1.82, 2.24) is 4.90 Å². The summed E-state index contributed by atoms with van der Waals surface area (Å²) in [5, 5.41) is 0. The van der Waals surface area contributed by atoms with E-state index < -0.39 is 5.91 Å². The summed E-state index contributed by atoms with van der Waals surface area (Å²) in [4.78, 5) is 25.5. The molecule has 0 bridgehead atoms. The standard InChI is InChI=1S/C15H19ClN2O2/c16-9-11-4-3-5-12(8-11)15(20)18(10-14(17)19)13-6-1-2-7-13/h3-5,8,13H,1-2,6-7,9-10H2,(H2,17,19). The van der Waals surface area contributed by atoms with E-state index in [4.69, 9.17) is 17.3 Å². The van der Waals surface area contributed by atoms with Gasteiger partial charge in [-0.3, -0.25) is 9.59 Å². The SMILES string of the molecule is NC(=O)CN(C(=O)c1cccc(CCl)c1)C1CCCC1. The van der Waals surface area contributed by atoms with E-state index >= 15 is 0 Å². The molecule has 0 aromatic heterocycles. The Labute approximate surface area is 123 Å². The van der Waals surface area contributed by atoms with Gasteiger partial charge in [0.2, 0.25) is 5.91 Å². The van der Waals surface area contributed by atoms with Crippen LogP contribution in [0.15, 0.2) is 24.3 Å². The fraction of sp³-hybridized carbons (Fsp3) is 0.467. The fourth-order valence-corrected chi connectivity index (χ4v) is 2.87. The minimum absolute atomic E-state index is 0.0192. The van der Waals surface area contributed by atoms with Gasteiger partial charge in [0.1, 0.15) is 0 Å². The number of hydrogen-bond acceptors (Lipinski definition) is 2. The molecule has 2 N–H and O–H groups in total. The van der Waals surface area contributed by atoms with E-state index in [1.165, 1.54) is 0 Å². The van der Waals surface area contributed by atoms with Crippen molar-refractivity contribution in [2.45, 2.75) is 37.6 Å². The molecule has 2 rings (SSSR count). The first kappa shape index (κ1) is 14.9. The van der Waals surface area contributed by atoms with E-state index in [-0.39, 0.29) is 18.5 Å². The molecule has 2 amide bonds. The maximum atomic E-state index is 12.6. The van der Waals surface area contributed by atoms with Crippen LogP contribution in [0.1, 0.15) is 41.6 Å². The first-order chi connectivity index (χ1) is 9.61. The number of nitrogens with two attached hydrogens (primary N) is 1. The van der Waals surface area contributed by atoms with Gasteiger partial charge in [-0.1, -0.05) is 25.0 Å². The zero-order valence-electron chi connectivity index (χ0n) is 11.3. The lowest BCUT2D eigenvalue weighted by Gasteiger charge is -2.28. The molecule has 1 aromatic carbocycles. The van der Waals surface area contributed by atoms with Gasteiger partial charge in [0.15, 0.2) is 0 Å². The third kappa shape index (κ3) is 3.51. The first-order valence-electron chi connectivity index (χ1n) is 6.86. The third-order valence-electron chi connectivity index (χ3n) is 3.68. The Balaban J connectivity index is 2.22. The normalized spacial score (nSPS) is 15.2. The Hall–Kier alpha value is -1.55. The topological polar surface area (TPSA) is 63.4 Å². The summed E-state index contributed by atoms with van der Waals surface area (Å²) in [7, 11) is 0. The molecule has 108 valence electrons. The Morgan fingerprint density at radius 1 is 1.30 bits per heavy atom. The molecule has 20 heavy (non-hydrogen) atoms. The molecule has 1 aliphatic carbocycles. The molecule has 0 atom stereocenters. The van der Waals surface area contributed by atoms with Crippen molar-refractivity contribution in [2.24, 2.45) is 5.73 Å². The summed E-state index contributed by atoms with van der Waals surface area (Å²) < 4.78 is 0. The van der Waals surface area contributed by atoms with Crippen LogP contribution >= 0.6 is 11.6 Å². The van der Waals surface area contributed by atoms with Gasteiger partial charge in [-0.05, 0) is 30.5 Å². The average molecular weight is 295 g/mol. The molecule has 0 heterocycles. The number of rotatable bonds is 5. The van der Waals surface area contributed by atoms with Crippen molar-refractivity contribution < 1.29 is 9.59 Å². The summed E-state index contributed by atoms with van der Waals surface area (Å²) in [5.41, 5.74) is 6.74. The van der Waals surface area contributed by atoms with E-state index in [2.05, 4.69) is 0 Å². The van der Waals surface area contributed by atoms with Crippen LogP contribution in [0.3, 0.4) is 0 Å². The molecule has 0 radical (unpaired) electrons. The second-order valence-corrected chi connectivity index (χ2v) is 5.44. The van der Waals surface area contributed by atoms with Crippen molar-refractivity contribution in [3.8, 4) is 0 Å². The van der Waals surface area contributed by atoms with Gasteiger partial charge in [-0.25, -0.2) is 0 Å². The summed E-state index contributed by atoms with van der Waals surface area (Å²) in [6.45, 7) is -0.0192. The predicted octanol–water partition coefficient (Wildman–Crippen LogP) is 2.30. The molecular formula is C15H19ClN2O2. The first-order valence-corrected chi connectivity index (χ1v) is 7.39. The molecule has 4 nitrogen and oxygen atoms in total. The number of benzene rings is 1. The quantitative estimate of drug-likeness (QED) is 0.847. The number of alkyl halides is 1. The minimum Gasteiger partial charge on any atom is -0.368 e. The maximum absolute atomic E-state index is 12.6. The van der Waals surface area contributed by atoms with Crippen LogP contribution < -0.4 is 5.73 Å². The van der Waals surface area contributed by atoms with Crippen LogP contribution in [-0.4, -0.2) is 29.3 Å². The van der Waals surface area contributed by atoms with Crippen molar-refractivity contribution >= 4 is 23.4 Å². The monoisotopic (exact) mass is 294 g/mol.